The number of pyridine rings is 2. The van der Waals surface area contributed by atoms with Crippen molar-refractivity contribution in [2.24, 2.45) is 0 Å². The molecule has 1 aliphatic rings. The maximum absolute atomic E-state index is 8.91. The Bertz CT molecular complexity index is 658. The number of nitrogens with zero attached hydrogens (tertiary/aromatic N) is 4. The molecule has 2 aromatic rings. The van der Waals surface area contributed by atoms with E-state index in [-0.39, 0.29) is 0 Å². The first-order chi connectivity index (χ1) is 8.14. The Labute approximate surface area is 101 Å². The molecule has 0 saturated carbocycles. The summed E-state index contributed by atoms with van der Waals surface area (Å²) in [6.07, 6.45) is 3.53. The van der Waals surface area contributed by atoms with Crippen molar-refractivity contribution in [2.45, 2.75) is 0 Å². The molecular formula is C12H10N4P+. The summed E-state index contributed by atoms with van der Waals surface area (Å²) in [4.78, 5) is 8.55. The van der Waals surface area contributed by atoms with E-state index in [2.05, 4.69) is 25.4 Å². The van der Waals surface area contributed by atoms with Gasteiger partial charge in [0.2, 0.25) is 5.82 Å². The minimum absolute atomic E-state index is 0.436. The third kappa shape index (κ3) is 1.30. The van der Waals surface area contributed by atoms with Gasteiger partial charge >= 0.3 is 0 Å². The van der Waals surface area contributed by atoms with Crippen molar-refractivity contribution in [3.05, 3.63) is 36.3 Å². The number of hydrogen-bond acceptors (Lipinski definition) is 3. The molecule has 2 aromatic heterocycles. The van der Waals surface area contributed by atoms with Crippen LogP contribution < -0.4 is 4.25 Å². The topological polar surface area (TPSA) is 49.6 Å². The van der Waals surface area contributed by atoms with Crippen LogP contribution in [0.2, 0.25) is 0 Å². The van der Waals surface area contributed by atoms with Gasteiger partial charge in [0, 0.05) is 6.20 Å². The Morgan fingerprint density at radius 3 is 2.94 bits per heavy atom. The fourth-order valence-electron chi connectivity index (χ4n) is 2.19. The SMILES string of the molecule is C[N+]1(P)c2cnc(C#N)cc2-c2cccnc21. The molecule has 0 spiro atoms. The monoisotopic (exact) mass is 241 g/mol. The van der Waals surface area contributed by atoms with E-state index in [1.165, 1.54) is 0 Å². The maximum Gasteiger partial charge on any atom is 0.241 e. The molecule has 0 bridgehead atoms. The largest absolute Gasteiger partial charge is 0.241 e. The summed E-state index contributed by atoms with van der Waals surface area (Å²) in [5, 5.41) is 8.91. The summed E-state index contributed by atoms with van der Waals surface area (Å²) in [5.74, 6) is 0.962. The van der Waals surface area contributed by atoms with E-state index >= 15 is 0 Å². The van der Waals surface area contributed by atoms with E-state index in [1.807, 2.05) is 25.2 Å². The number of hydrogen-bond donors (Lipinski definition) is 0. The van der Waals surface area contributed by atoms with Crippen molar-refractivity contribution >= 4 is 20.9 Å². The first kappa shape index (κ1) is 10.3. The van der Waals surface area contributed by atoms with Crippen molar-refractivity contribution < 1.29 is 0 Å². The van der Waals surface area contributed by atoms with Gasteiger partial charge in [0.25, 0.3) is 0 Å². The highest BCUT2D eigenvalue weighted by atomic mass is 31.0. The van der Waals surface area contributed by atoms with Gasteiger partial charge in [-0.25, -0.2) is 14.2 Å². The zero-order chi connectivity index (χ0) is 12.0. The van der Waals surface area contributed by atoms with Crippen LogP contribution in [-0.2, 0) is 0 Å². The number of rotatable bonds is 0. The number of fused-ring (bicyclic) bond motifs is 3. The lowest BCUT2D eigenvalue weighted by Crippen LogP contribution is -2.24. The molecule has 82 valence electrons. The van der Waals surface area contributed by atoms with Gasteiger partial charge in [0.15, 0.2) is 5.69 Å². The molecule has 17 heavy (non-hydrogen) atoms. The molecule has 0 fully saturated rings. The van der Waals surface area contributed by atoms with Crippen molar-refractivity contribution in [1.29, 1.82) is 5.26 Å². The van der Waals surface area contributed by atoms with Crippen LogP contribution in [0.3, 0.4) is 0 Å². The molecule has 0 aromatic carbocycles. The molecule has 0 saturated heterocycles. The zero-order valence-corrected chi connectivity index (χ0v) is 10.4. The number of aromatic nitrogens is 2. The van der Waals surface area contributed by atoms with Gasteiger partial charge in [-0.1, -0.05) is 0 Å². The lowest BCUT2D eigenvalue weighted by atomic mass is 10.1. The summed E-state index contributed by atoms with van der Waals surface area (Å²) in [6, 6.07) is 7.82. The van der Waals surface area contributed by atoms with Crippen molar-refractivity contribution in [2.75, 3.05) is 7.05 Å². The minimum atomic E-state index is 0.436. The highest BCUT2D eigenvalue weighted by Crippen LogP contribution is 2.52. The number of nitriles is 1. The standard InChI is InChI=1S/C12H10N4P/c1-16(17)11-7-15-8(6-13)5-10(11)9-3-2-4-14-12(9)16/h2-5,7H,17H2,1H3/q+1. The first-order valence-corrected chi connectivity index (χ1v) is 5.68. The van der Waals surface area contributed by atoms with Gasteiger partial charge in [-0.15, -0.1) is 0 Å². The zero-order valence-electron chi connectivity index (χ0n) is 9.25. The van der Waals surface area contributed by atoms with Crippen LogP contribution in [-0.4, -0.2) is 17.0 Å². The molecule has 3 rings (SSSR count). The molecule has 5 heteroatoms. The second-order valence-electron chi connectivity index (χ2n) is 4.15. The van der Waals surface area contributed by atoms with Crippen LogP contribution in [0.1, 0.15) is 5.69 Å². The Morgan fingerprint density at radius 1 is 1.35 bits per heavy atom. The van der Waals surface area contributed by atoms with Crippen LogP contribution in [0, 0.1) is 11.3 Å². The van der Waals surface area contributed by atoms with E-state index in [0.717, 1.165) is 22.6 Å². The molecule has 1 aliphatic heterocycles. The minimum Gasteiger partial charge on any atom is -0.239 e. The van der Waals surface area contributed by atoms with Gasteiger partial charge < -0.3 is 0 Å². The average Bonchev–Trinajstić information content (AvgIpc) is 2.59. The van der Waals surface area contributed by atoms with E-state index in [1.54, 1.807) is 12.4 Å². The lowest BCUT2D eigenvalue weighted by molar-refractivity contribution is 0.736. The van der Waals surface area contributed by atoms with Crippen molar-refractivity contribution in [1.82, 2.24) is 14.2 Å². The maximum atomic E-state index is 8.91. The fourth-order valence-corrected chi connectivity index (χ4v) is 2.60. The summed E-state index contributed by atoms with van der Waals surface area (Å²) in [6.45, 7) is 0. The van der Waals surface area contributed by atoms with Crippen LogP contribution >= 0.6 is 9.39 Å². The normalized spacial score (nSPS) is 20.5. The molecule has 2 unspecified atom stereocenters. The van der Waals surface area contributed by atoms with E-state index < -0.39 is 0 Å². The summed E-state index contributed by atoms with van der Waals surface area (Å²) < 4.78 is 0.490. The van der Waals surface area contributed by atoms with E-state index in [0.29, 0.717) is 9.95 Å². The fraction of sp³-hybridized carbons (Fsp3) is 0.0833. The Kier molecular flexibility index (Phi) is 2.03. The highest BCUT2D eigenvalue weighted by molar-refractivity contribution is 7.17. The quantitative estimate of drug-likeness (QED) is 0.665. The smallest absolute Gasteiger partial charge is 0.239 e. The molecule has 0 radical (unpaired) electrons. The third-order valence-corrected chi connectivity index (χ3v) is 3.54. The predicted octanol–water partition coefficient (Wildman–Crippen LogP) is 2.39. The van der Waals surface area contributed by atoms with Crippen LogP contribution in [0.4, 0.5) is 11.5 Å². The first-order valence-electron chi connectivity index (χ1n) is 5.16. The molecule has 0 amide bonds. The van der Waals surface area contributed by atoms with Gasteiger partial charge in [0.1, 0.15) is 11.8 Å². The molecule has 2 atom stereocenters. The molecule has 0 N–H and O–H groups in total. The second kappa shape index (κ2) is 3.33. The summed E-state index contributed by atoms with van der Waals surface area (Å²) in [5.41, 5.74) is 3.59. The highest BCUT2D eigenvalue weighted by Gasteiger charge is 2.39. The molecule has 3 heterocycles. The van der Waals surface area contributed by atoms with E-state index in [9.17, 15) is 0 Å². The summed E-state index contributed by atoms with van der Waals surface area (Å²) >= 11 is 0. The lowest BCUT2D eigenvalue weighted by Gasteiger charge is -2.22. The van der Waals surface area contributed by atoms with Crippen molar-refractivity contribution in [3.63, 3.8) is 0 Å². The Hall–Kier alpha value is -1.82. The second-order valence-corrected chi connectivity index (χ2v) is 5.18. The third-order valence-electron chi connectivity index (χ3n) is 3.01. The predicted molar refractivity (Wildman–Crippen MR) is 69.3 cm³/mol. The van der Waals surface area contributed by atoms with Gasteiger partial charge in [-0.2, -0.15) is 5.26 Å². The molecule has 0 aliphatic carbocycles. The average molecular weight is 241 g/mol. The Balaban J connectivity index is 2.38. The van der Waals surface area contributed by atoms with Crippen LogP contribution in [0.15, 0.2) is 30.6 Å². The van der Waals surface area contributed by atoms with Gasteiger partial charge in [-0.3, -0.25) is 0 Å². The molecular weight excluding hydrogens is 231 g/mol. The van der Waals surface area contributed by atoms with Crippen molar-refractivity contribution in [3.8, 4) is 17.2 Å². The Morgan fingerprint density at radius 2 is 2.18 bits per heavy atom. The number of quaternary nitrogens is 1. The summed E-state index contributed by atoms with van der Waals surface area (Å²) in [7, 11) is 4.81. The van der Waals surface area contributed by atoms with Crippen LogP contribution in [0.5, 0.6) is 0 Å². The van der Waals surface area contributed by atoms with E-state index in [4.69, 9.17) is 5.26 Å². The molecule has 4 nitrogen and oxygen atoms in total. The van der Waals surface area contributed by atoms with Gasteiger partial charge in [0.05, 0.1) is 33.8 Å². The van der Waals surface area contributed by atoms with Gasteiger partial charge in [-0.05, 0) is 18.2 Å². The van der Waals surface area contributed by atoms with Crippen LogP contribution in [0.25, 0.3) is 11.1 Å².